The molecule has 0 aromatic carbocycles. The lowest BCUT2D eigenvalue weighted by Gasteiger charge is -2.06. The molecule has 0 saturated carbocycles. The van der Waals surface area contributed by atoms with Crippen LogP contribution in [0.3, 0.4) is 0 Å². The second kappa shape index (κ2) is 44.5. The van der Waals surface area contributed by atoms with Gasteiger partial charge in [-0.05, 0) is 89.9 Å². The third kappa shape index (κ3) is 43.5. The van der Waals surface area contributed by atoms with Crippen LogP contribution in [-0.4, -0.2) is 49.8 Å². The molecule has 0 fully saturated rings. The molecule has 58 heavy (non-hydrogen) atoms. The van der Waals surface area contributed by atoms with Gasteiger partial charge in [-0.1, -0.05) is 148 Å². The number of nitrogens with one attached hydrogen (secondary N) is 4. The van der Waals surface area contributed by atoms with Crippen LogP contribution in [0.5, 0.6) is 0 Å². The maximum atomic E-state index is 12.0. The second-order valence-electron chi connectivity index (χ2n) is 13.2. The van der Waals surface area contributed by atoms with Gasteiger partial charge < -0.3 is 21.3 Å². The molecule has 0 spiro atoms. The molecular formula is C50H74N4O4. The van der Waals surface area contributed by atoms with Crippen LogP contribution >= 0.6 is 0 Å². The Hall–Kier alpha value is -5.24. The Labute approximate surface area is 351 Å². The van der Waals surface area contributed by atoms with Gasteiger partial charge >= 0.3 is 0 Å². The van der Waals surface area contributed by atoms with Crippen molar-refractivity contribution in [2.24, 2.45) is 0 Å². The first kappa shape index (κ1) is 52.8. The summed E-state index contributed by atoms with van der Waals surface area (Å²) in [5.41, 5.74) is 0. The van der Waals surface area contributed by atoms with E-state index in [1.807, 2.05) is 6.08 Å². The maximum Gasteiger partial charge on any atom is 0.244 e. The monoisotopic (exact) mass is 795 g/mol. The Morgan fingerprint density at radius 3 is 0.948 bits per heavy atom. The van der Waals surface area contributed by atoms with Crippen molar-refractivity contribution in [2.45, 2.75) is 117 Å². The van der Waals surface area contributed by atoms with E-state index in [1.165, 1.54) is 0 Å². The number of carbonyl (C=O) groups excluding carboxylic acids is 4. The quantitative estimate of drug-likeness (QED) is 0.0290. The third-order valence-corrected chi connectivity index (χ3v) is 7.95. The van der Waals surface area contributed by atoms with Crippen LogP contribution in [0.2, 0.25) is 0 Å². The Balaban J connectivity index is 3.76. The highest BCUT2D eigenvalue weighted by atomic mass is 16.2. The first-order chi connectivity index (χ1) is 28.5. The van der Waals surface area contributed by atoms with E-state index in [9.17, 15) is 19.2 Å². The molecule has 0 rings (SSSR count). The van der Waals surface area contributed by atoms with Crippen molar-refractivity contribution in [3.8, 4) is 0 Å². The molecule has 4 amide bonds. The lowest BCUT2D eigenvalue weighted by Crippen LogP contribution is -2.35. The van der Waals surface area contributed by atoms with Crippen LogP contribution < -0.4 is 21.3 Å². The topological polar surface area (TPSA) is 116 Å². The number of allylic oxidation sites excluding steroid dienone is 22. The molecule has 0 radical (unpaired) electrons. The lowest BCUT2D eigenvalue weighted by molar-refractivity contribution is -0.122. The molecule has 0 atom stereocenters. The van der Waals surface area contributed by atoms with Crippen LogP contribution in [0.4, 0.5) is 0 Å². The third-order valence-electron chi connectivity index (χ3n) is 7.95. The predicted octanol–water partition coefficient (Wildman–Crippen LogP) is 10.4. The van der Waals surface area contributed by atoms with E-state index in [2.05, 4.69) is 163 Å². The van der Waals surface area contributed by atoms with Crippen molar-refractivity contribution in [2.75, 3.05) is 26.2 Å². The van der Waals surface area contributed by atoms with Crippen molar-refractivity contribution in [3.63, 3.8) is 0 Å². The molecule has 0 bridgehead atoms. The summed E-state index contributed by atoms with van der Waals surface area (Å²) in [7, 11) is 0. The SMILES string of the molecule is CCC=CCC=CCC=CCC=CCC=CCC=CCCC(=O)NCCNC(=O)C=CC(=O)NCCNC(=O)CCCC=CCC=CCC=CCC=CCC=CCC. The van der Waals surface area contributed by atoms with Gasteiger partial charge in [0.05, 0.1) is 0 Å². The van der Waals surface area contributed by atoms with E-state index in [0.29, 0.717) is 32.4 Å². The van der Waals surface area contributed by atoms with Crippen LogP contribution in [0.1, 0.15) is 117 Å². The van der Waals surface area contributed by atoms with E-state index >= 15 is 0 Å². The van der Waals surface area contributed by atoms with Gasteiger partial charge in [0.1, 0.15) is 0 Å². The summed E-state index contributed by atoms with van der Waals surface area (Å²) in [4.78, 5) is 48.0. The Bertz CT molecular complexity index is 1440. The van der Waals surface area contributed by atoms with E-state index in [0.717, 1.165) is 95.6 Å². The van der Waals surface area contributed by atoms with Crippen molar-refractivity contribution in [1.29, 1.82) is 0 Å². The fourth-order valence-corrected chi connectivity index (χ4v) is 4.82. The molecule has 0 aliphatic rings. The van der Waals surface area contributed by atoms with Crippen molar-refractivity contribution < 1.29 is 19.2 Å². The van der Waals surface area contributed by atoms with E-state index in [1.54, 1.807) is 0 Å². The molecule has 318 valence electrons. The molecular weight excluding hydrogens is 721 g/mol. The summed E-state index contributed by atoms with van der Waals surface area (Å²) < 4.78 is 0. The fraction of sp³-hybridized carbons (Fsp3) is 0.440. The number of carbonyl (C=O) groups is 4. The zero-order chi connectivity index (χ0) is 42.3. The maximum absolute atomic E-state index is 12.0. The first-order valence-electron chi connectivity index (χ1n) is 21.4. The molecule has 4 N–H and O–H groups in total. The summed E-state index contributed by atoms with van der Waals surface area (Å²) in [6.07, 6.45) is 63.4. The van der Waals surface area contributed by atoms with Crippen LogP contribution in [-0.2, 0) is 19.2 Å². The average Bonchev–Trinajstić information content (AvgIpc) is 3.22. The standard InChI is InChI=1S/C50H74N4O4/c1-3-5-7-9-11-13-15-17-19-21-22-24-26-28-30-32-34-36-38-40-48(56)52-44-46-54-50(58)42-41-49(57)53-45-43-51-47(55)39-37-35-33-31-29-27-25-23-20-18-16-14-12-10-8-6-4-2/h5-8,11-14,17-20,22,24-25,27-28,30-31,33-34,36,41-42H,3-4,9-10,15-16,21,23,26,29,32,35,37-40,43-46H2,1-2H3,(H,51,55)(H,52,56)(H,53,57)(H,54,58). The smallest absolute Gasteiger partial charge is 0.244 e. The highest BCUT2D eigenvalue weighted by Gasteiger charge is 2.02. The fourth-order valence-electron chi connectivity index (χ4n) is 4.82. The number of amides is 4. The van der Waals surface area contributed by atoms with Crippen molar-refractivity contribution in [1.82, 2.24) is 21.3 Å². The number of hydrogen-bond donors (Lipinski definition) is 4. The Morgan fingerprint density at radius 1 is 0.328 bits per heavy atom. The number of unbranched alkanes of at least 4 members (excludes halogenated alkanes) is 1. The summed E-state index contributed by atoms with van der Waals surface area (Å²) >= 11 is 0. The molecule has 8 heteroatoms. The van der Waals surface area contributed by atoms with Crippen LogP contribution in [0, 0.1) is 0 Å². The summed E-state index contributed by atoms with van der Waals surface area (Å²) in [6, 6.07) is 0. The van der Waals surface area contributed by atoms with Crippen molar-refractivity contribution in [3.05, 3.63) is 146 Å². The van der Waals surface area contributed by atoms with Gasteiger partial charge in [0.15, 0.2) is 0 Å². The number of rotatable bonds is 35. The molecule has 0 aromatic heterocycles. The molecule has 0 saturated heterocycles. The van der Waals surface area contributed by atoms with E-state index in [4.69, 9.17) is 0 Å². The van der Waals surface area contributed by atoms with Gasteiger partial charge in [0, 0.05) is 51.2 Å². The Morgan fingerprint density at radius 2 is 0.603 bits per heavy atom. The van der Waals surface area contributed by atoms with Gasteiger partial charge in [-0.3, -0.25) is 19.2 Å². The first-order valence-corrected chi connectivity index (χ1v) is 21.4. The summed E-state index contributed by atoms with van der Waals surface area (Å²) in [5, 5.41) is 10.8. The normalized spacial score (nSPS) is 12.8. The minimum atomic E-state index is -0.428. The van der Waals surface area contributed by atoms with E-state index < -0.39 is 11.8 Å². The average molecular weight is 795 g/mol. The van der Waals surface area contributed by atoms with Gasteiger partial charge in [-0.15, -0.1) is 0 Å². The highest BCUT2D eigenvalue weighted by Crippen LogP contribution is 2.01. The number of hydrogen-bond acceptors (Lipinski definition) is 4. The van der Waals surface area contributed by atoms with E-state index in [-0.39, 0.29) is 24.9 Å². The zero-order valence-corrected chi connectivity index (χ0v) is 35.6. The molecule has 0 aliphatic carbocycles. The minimum Gasteiger partial charge on any atom is -0.354 e. The summed E-state index contributed by atoms with van der Waals surface area (Å²) in [6.45, 7) is 5.41. The predicted molar refractivity (Wildman–Crippen MR) is 247 cm³/mol. The van der Waals surface area contributed by atoms with Gasteiger partial charge in [0.25, 0.3) is 0 Å². The lowest BCUT2D eigenvalue weighted by atomic mass is 10.2. The van der Waals surface area contributed by atoms with Gasteiger partial charge in [0.2, 0.25) is 23.6 Å². The molecule has 0 aromatic rings. The molecule has 8 nitrogen and oxygen atoms in total. The van der Waals surface area contributed by atoms with Crippen molar-refractivity contribution >= 4 is 23.6 Å². The van der Waals surface area contributed by atoms with Crippen LogP contribution in [0.25, 0.3) is 0 Å². The largest absolute Gasteiger partial charge is 0.354 e. The van der Waals surface area contributed by atoms with Gasteiger partial charge in [-0.2, -0.15) is 0 Å². The minimum absolute atomic E-state index is 0.0580. The highest BCUT2D eigenvalue weighted by molar-refractivity contribution is 5.96. The van der Waals surface area contributed by atoms with Crippen LogP contribution in [0.15, 0.2) is 146 Å². The molecule has 0 unspecified atom stereocenters. The Kier molecular flexibility index (Phi) is 40.5. The second-order valence-corrected chi connectivity index (χ2v) is 13.2. The molecule has 0 aliphatic heterocycles. The molecule has 0 heterocycles. The summed E-state index contributed by atoms with van der Waals surface area (Å²) in [5.74, 6) is -0.993. The van der Waals surface area contributed by atoms with Gasteiger partial charge in [-0.25, -0.2) is 0 Å². The zero-order valence-electron chi connectivity index (χ0n) is 35.6.